The van der Waals surface area contributed by atoms with Crippen molar-refractivity contribution in [3.63, 3.8) is 0 Å². The molecule has 2 aliphatic rings. The third-order valence-electron chi connectivity index (χ3n) is 5.03. The van der Waals surface area contributed by atoms with Gasteiger partial charge in [0.25, 0.3) is 5.91 Å². The molecular formula is C20H26ClFN2O4. The number of nitrogens with zero attached hydrogens (tertiary/aromatic N) is 1. The lowest BCUT2D eigenvalue weighted by atomic mass is 10.0. The molecule has 0 unspecified atom stereocenters. The molecule has 1 N–H and O–H groups in total. The van der Waals surface area contributed by atoms with Gasteiger partial charge in [-0.15, -0.1) is 0 Å². The number of benzene rings is 1. The van der Waals surface area contributed by atoms with Gasteiger partial charge in [-0.05, 0) is 57.6 Å². The molecule has 1 aromatic rings. The van der Waals surface area contributed by atoms with E-state index in [4.69, 9.17) is 21.1 Å². The van der Waals surface area contributed by atoms with Crippen molar-refractivity contribution in [1.29, 1.82) is 0 Å². The van der Waals surface area contributed by atoms with Crippen molar-refractivity contribution in [3.8, 4) is 5.75 Å². The third-order valence-corrected chi connectivity index (χ3v) is 5.34. The zero-order valence-electron chi connectivity index (χ0n) is 16.3. The topological polar surface area (TPSA) is 67.9 Å². The highest BCUT2D eigenvalue weighted by molar-refractivity contribution is 6.30. The Morgan fingerprint density at radius 1 is 1.25 bits per heavy atom. The molecule has 0 spiro atoms. The number of halogens is 2. The SMILES string of the molecule is CC(C)(C)OC(=O)N1C[C@H]2C[C@@H](NC(=O)COc3ccc(Cl)c(F)c3)C[C@H]2C1. The number of hydrogen-bond acceptors (Lipinski definition) is 4. The second-order valence-corrected chi connectivity index (χ2v) is 8.91. The van der Waals surface area contributed by atoms with Crippen molar-refractivity contribution in [2.24, 2.45) is 11.8 Å². The fourth-order valence-electron chi connectivity index (χ4n) is 3.88. The maximum absolute atomic E-state index is 13.4. The molecular weight excluding hydrogens is 387 g/mol. The predicted octanol–water partition coefficient (Wildman–Crippen LogP) is 3.62. The molecule has 3 atom stereocenters. The van der Waals surface area contributed by atoms with Gasteiger partial charge in [-0.2, -0.15) is 0 Å². The molecule has 0 bridgehead atoms. The summed E-state index contributed by atoms with van der Waals surface area (Å²) in [5.74, 6) is 0.156. The van der Waals surface area contributed by atoms with E-state index in [0.29, 0.717) is 24.9 Å². The fourth-order valence-corrected chi connectivity index (χ4v) is 4.00. The van der Waals surface area contributed by atoms with Gasteiger partial charge in [0.1, 0.15) is 17.2 Å². The summed E-state index contributed by atoms with van der Waals surface area (Å²) in [6.45, 7) is 6.70. The van der Waals surface area contributed by atoms with Crippen LogP contribution in [0.15, 0.2) is 18.2 Å². The Kier molecular flexibility index (Phi) is 6.03. The lowest BCUT2D eigenvalue weighted by molar-refractivity contribution is -0.123. The summed E-state index contributed by atoms with van der Waals surface area (Å²) in [6.07, 6.45) is 1.38. The molecule has 2 fully saturated rings. The van der Waals surface area contributed by atoms with Gasteiger partial charge < -0.3 is 19.7 Å². The van der Waals surface area contributed by atoms with Crippen molar-refractivity contribution in [2.45, 2.75) is 45.3 Å². The monoisotopic (exact) mass is 412 g/mol. The second kappa shape index (κ2) is 8.15. The zero-order valence-corrected chi connectivity index (χ0v) is 17.1. The molecule has 1 aliphatic heterocycles. The highest BCUT2D eigenvalue weighted by Crippen LogP contribution is 2.38. The van der Waals surface area contributed by atoms with Crippen molar-refractivity contribution in [3.05, 3.63) is 29.0 Å². The van der Waals surface area contributed by atoms with E-state index in [1.807, 2.05) is 20.8 Å². The molecule has 2 amide bonds. The van der Waals surface area contributed by atoms with Gasteiger partial charge in [0.05, 0.1) is 5.02 Å². The van der Waals surface area contributed by atoms with Gasteiger partial charge in [0.2, 0.25) is 0 Å². The Bertz CT molecular complexity index is 738. The van der Waals surface area contributed by atoms with Crippen LogP contribution in [0.3, 0.4) is 0 Å². The van der Waals surface area contributed by atoms with Crippen molar-refractivity contribution < 1.29 is 23.5 Å². The molecule has 6 nitrogen and oxygen atoms in total. The van der Waals surface area contributed by atoms with Crippen LogP contribution in [-0.4, -0.2) is 48.2 Å². The maximum Gasteiger partial charge on any atom is 0.410 e. The van der Waals surface area contributed by atoms with E-state index >= 15 is 0 Å². The molecule has 28 heavy (non-hydrogen) atoms. The number of amides is 2. The maximum atomic E-state index is 13.4. The minimum Gasteiger partial charge on any atom is -0.484 e. The number of rotatable bonds is 4. The third kappa shape index (κ3) is 5.28. The zero-order chi connectivity index (χ0) is 20.5. The number of hydrogen-bond donors (Lipinski definition) is 1. The minimum absolute atomic E-state index is 0.00900. The molecule has 8 heteroatoms. The largest absolute Gasteiger partial charge is 0.484 e. The molecule has 3 rings (SSSR count). The number of carbonyl (C=O) groups excluding carboxylic acids is 2. The van der Waals surface area contributed by atoms with Crippen LogP contribution in [0.1, 0.15) is 33.6 Å². The van der Waals surface area contributed by atoms with Gasteiger partial charge in [0.15, 0.2) is 6.61 Å². The van der Waals surface area contributed by atoms with E-state index in [9.17, 15) is 14.0 Å². The van der Waals surface area contributed by atoms with Crippen molar-refractivity contribution in [1.82, 2.24) is 10.2 Å². The summed E-state index contributed by atoms with van der Waals surface area (Å²) in [7, 11) is 0. The summed E-state index contributed by atoms with van der Waals surface area (Å²) >= 11 is 5.62. The summed E-state index contributed by atoms with van der Waals surface area (Å²) < 4.78 is 24.1. The second-order valence-electron chi connectivity index (χ2n) is 8.51. The van der Waals surface area contributed by atoms with Gasteiger partial charge >= 0.3 is 6.09 Å². The van der Waals surface area contributed by atoms with E-state index in [-0.39, 0.29) is 35.4 Å². The quantitative estimate of drug-likeness (QED) is 0.820. The first-order valence-corrected chi connectivity index (χ1v) is 9.83. The molecule has 0 aromatic heterocycles. The van der Waals surface area contributed by atoms with Crippen LogP contribution >= 0.6 is 11.6 Å². The number of carbonyl (C=O) groups is 2. The summed E-state index contributed by atoms with van der Waals surface area (Å²) in [6, 6.07) is 4.12. The number of nitrogens with one attached hydrogen (secondary N) is 1. The van der Waals surface area contributed by atoms with E-state index in [1.165, 1.54) is 12.1 Å². The summed E-state index contributed by atoms with van der Waals surface area (Å²) in [5, 5.41) is 2.98. The van der Waals surface area contributed by atoms with Gasteiger partial charge in [0, 0.05) is 25.2 Å². The van der Waals surface area contributed by atoms with E-state index in [0.717, 1.165) is 18.9 Å². The molecule has 1 saturated carbocycles. The van der Waals surface area contributed by atoms with Crippen molar-refractivity contribution in [2.75, 3.05) is 19.7 Å². The highest BCUT2D eigenvalue weighted by Gasteiger charge is 2.43. The number of ether oxygens (including phenoxy) is 2. The normalized spacial score (nSPS) is 24.0. The number of likely N-dealkylation sites (tertiary alicyclic amines) is 1. The molecule has 1 aromatic carbocycles. The average Bonchev–Trinajstić information content (AvgIpc) is 3.13. The first-order valence-electron chi connectivity index (χ1n) is 9.46. The Morgan fingerprint density at radius 2 is 1.89 bits per heavy atom. The van der Waals surface area contributed by atoms with E-state index < -0.39 is 11.4 Å². The average molecular weight is 413 g/mol. The van der Waals surface area contributed by atoms with Crippen LogP contribution < -0.4 is 10.1 Å². The lowest BCUT2D eigenvalue weighted by Gasteiger charge is -2.25. The first-order chi connectivity index (χ1) is 13.1. The summed E-state index contributed by atoms with van der Waals surface area (Å²) in [5.41, 5.74) is -0.502. The standard InChI is InChI=1S/C20H26ClFN2O4/c1-20(2,3)28-19(26)24-9-12-6-14(7-13(12)10-24)23-18(25)11-27-15-4-5-16(21)17(22)8-15/h4-5,8,12-14H,6-7,9-11H2,1-3H3,(H,23,25)/t12-,13+,14-. The van der Waals surface area contributed by atoms with Crippen LogP contribution in [0.5, 0.6) is 5.75 Å². The molecule has 1 aliphatic carbocycles. The molecule has 1 saturated heterocycles. The Labute approximate surface area is 169 Å². The molecule has 1 heterocycles. The van der Waals surface area contributed by atoms with Gasteiger partial charge in [-0.1, -0.05) is 11.6 Å². The van der Waals surface area contributed by atoms with E-state index in [1.54, 1.807) is 4.90 Å². The molecule has 154 valence electrons. The minimum atomic E-state index is -0.585. The Hall–Kier alpha value is -2.02. The first kappa shape index (κ1) is 20.7. The summed E-state index contributed by atoms with van der Waals surface area (Å²) in [4.78, 5) is 26.1. The molecule has 0 radical (unpaired) electrons. The highest BCUT2D eigenvalue weighted by atomic mass is 35.5. The van der Waals surface area contributed by atoms with Crippen LogP contribution in [0, 0.1) is 17.7 Å². The lowest BCUT2D eigenvalue weighted by Crippen LogP contribution is -2.39. The van der Waals surface area contributed by atoms with Crippen LogP contribution in [0.2, 0.25) is 5.02 Å². The van der Waals surface area contributed by atoms with Crippen LogP contribution in [0.25, 0.3) is 0 Å². The van der Waals surface area contributed by atoms with Gasteiger partial charge in [-0.25, -0.2) is 9.18 Å². The van der Waals surface area contributed by atoms with Crippen LogP contribution in [-0.2, 0) is 9.53 Å². The smallest absolute Gasteiger partial charge is 0.410 e. The van der Waals surface area contributed by atoms with E-state index in [2.05, 4.69) is 5.32 Å². The predicted molar refractivity (Wildman–Crippen MR) is 103 cm³/mol. The fraction of sp³-hybridized carbons (Fsp3) is 0.600. The number of fused-ring (bicyclic) bond motifs is 1. The Balaban J connectivity index is 1.42. The van der Waals surface area contributed by atoms with Gasteiger partial charge in [-0.3, -0.25) is 4.79 Å². The van der Waals surface area contributed by atoms with Crippen LogP contribution in [0.4, 0.5) is 9.18 Å². The Morgan fingerprint density at radius 3 is 2.46 bits per heavy atom. The van der Waals surface area contributed by atoms with Crippen molar-refractivity contribution >= 4 is 23.6 Å².